The molecule has 0 atom stereocenters. The molecule has 3 aromatic rings. The van der Waals surface area contributed by atoms with Gasteiger partial charge in [-0.15, -0.1) is 0 Å². The maximum Gasteiger partial charge on any atom is 0.148 e. The average Bonchev–Trinajstić information content (AvgIpc) is 3.01. The van der Waals surface area contributed by atoms with Gasteiger partial charge in [0.05, 0.1) is 24.8 Å². The number of imidazole rings is 1. The van der Waals surface area contributed by atoms with Crippen molar-refractivity contribution in [3.8, 4) is 17.2 Å². The molecule has 0 radical (unpaired) electrons. The van der Waals surface area contributed by atoms with Crippen LogP contribution >= 0.6 is 0 Å². The number of hydrogen-bond donors (Lipinski definition) is 0. The predicted octanol–water partition coefficient (Wildman–Crippen LogP) is 5.07. The van der Waals surface area contributed by atoms with Gasteiger partial charge < -0.3 is 18.8 Å². The van der Waals surface area contributed by atoms with Crippen LogP contribution in [0.2, 0.25) is 0 Å². The minimum atomic E-state index is 0.402. The Bertz CT molecular complexity index is 886. The van der Waals surface area contributed by atoms with Gasteiger partial charge in [-0.3, -0.25) is 0 Å². The van der Waals surface area contributed by atoms with E-state index in [2.05, 4.69) is 31.4 Å². The number of ether oxygens (including phenoxy) is 3. The number of aromatic nitrogens is 2. The van der Waals surface area contributed by atoms with Crippen LogP contribution in [-0.2, 0) is 13.2 Å². The second-order valence-corrected chi connectivity index (χ2v) is 7.00. The van der Waals surface area contributed by atoms with E-state index < -0.39 is 0 Å². The molecule has 2 aromatic carbocycles. The van der Waals surface area contributed by atoms with E-state index >= 15 is 0 Å². The van der Waals surface area contributed by atoms with Gasteiger partial charge in [0.1, 0.15) is 29.7 Å². The zero-order chi connectivity index (χ0) is 19.2. The molecule has 0 aliphatic carbocycles. The van der Waals surface area contributed by atoms with Gasteiger partial charge in [-0.05, 0) is 36.6 Å². The highest BCUT2D eigenvalue weighted by Gasteiger charge is 2.14. The van der Waals surface area contributed by atoms with E-state index in [1.807, 2.05) is 36.4 Å². The van der Waals surface area contributed by atoms with Crippen molar-refractivity contribution in [1.29, 1.82) is 0 Å². The van der Waals surface area contributed by atoms with Gasteiger partial charge in [0, 0.05) is 18.7 Å². The van der Waals surface area contributed by atoms with Crippen LogP contribution in [0.1, 0.15) is 33.0 Å². The average molecular weight is 368 g/mol. The lowest BCUT2D eigenvalue weighted by molar-refractivity contribution is 0.285. The fraction of sp³-hybridized carbons (Fsp3) is 0.409. The fourth-order valence-electron chi connectivity index (χ4n) is 2.99. The number of methoxy groups -OCH3 is 1. The first-order valence-electron chi connectivity index (χ1n) is 9.49. The molecule has 0 unspecified atom stereocenters. The van der Waals surface area contributed by atoms with Gasteiger partial charge in [0.2, 0.25) is 0 Å². The first-order valence-corrected chi connectivity index (χ1v) is 9.49. The van der Waals surface area contributed by atoms with Crippen LogP contribution in [0.15, 0.2) is 42.5 Å². The van der Waals surface area contributed by atoms with E-state index in [-0.39, 0.29) is 0 Å². The van der Waals surface area contributed by atoms with Gasteiger partial charge >= 0.3 is 0 Å². The first kappa shape index (κ1) is 19.1. The van der Waals surface area contributed by atoms with Gasteiger partial charge in [-0.2, -0.15) is 0 Å². The molecule has 0 N–H and O–H groups in total. The van der Waals surface area contributed by atoms with Crippen molar-refractivity contribution in [2.45, 2.75) is 40.3 Å². The predicted molar refractivity (Wildman–Crippen MR) is 108 cm³/mol. The van der Waals surface area contributed by atoms with E-state index in [9.17, 15) is 0 Å². The topological polar surface area (TPSA) is 45.5 Å². The molecule has 144 valence electrons. The lowest BCUT2D eigenvalue weighted by atomic mass is 10.2. The van der Waals surface area contributed by atoms with Crippen molar-refractivity contribution in [3.05, 3.63) is 48.3 Å². The van der Waals surface area contributed by atoms with Crippen LogP contribution < -0.4 is 14.2 Å². The third kappa shape index (κ3) is 4.73. The molecule has 27 heavy (non-hydrogen) atoms. The molecule has 0 amide bonds. The Balaban J connectivity index is 1.87. The third-order valence-electron chi connectivity index (χ3n) is 4.23. The summed E-state index contributed by atoms with van der Waals surface area (Å²) in [5, 5.41) is 0. The second kappa shape index (κ2) is 8.80. The summed E-state index contributed by atoms with van der Waals surface area (Å²) >= 11 is 0. The summed E-state index contributed by atoms with van der Waals surface area (Å²) in [4.78, 5) is 4.82. The van der Waals surface area contributed by atoms with E-state index in [1.165, 1.54) is 0 Å². The Kier molecular flexibility index (Phi) is 6.22. The molecule has 0 aliphatic rings. The van der Waals surface area contributed by atoms with E-state index in [0.29, 0.717) is 19.1 Å². The molecular weight excluding hydrogens is 340 g/mol. The van der Waals surface area contributed by atoms with Crippen LogP contribution in [0.3, 0.4) is 0 Å². The quantitative estimate of drug-likeness (QED) is 0.529. The smallest absolute Gasteiger partial charge is 0.148 e. The lowest BCUT2D eigenvalue weighted by Gasteiger charge is -2.13. The Hall–Kier alpha value is -2.69. The first-order chi connectivity index (χ1) is 13.1. The van der Waals surface area contributed by atoms with Crippen LogP contribution in [0, 0.1) is 5.92 Å². The van der Waals surface area contributed by atoms with E-state index in [1.54, 1.807) is 7.11 Å². The van der Waals surface area contributed by atoms with E-state index in [4.69, 9.17) is 19.2 Å². The largest absolute Gasteiger partial charge is 0.497 e. The fourth-order valence-corrected chi connectivity index (χ4v) is 2.99. The molecular formula is C22H28N2O3. The van der Waals surface area contributed by atoms with Crippen LogP contribution in [0.5, 0.6) is 17.2 Å². The maximum absolute atomic E-state index is 5.99. The standard InChI is InChI=1S/C22H28N2O3/c1-5-11-26-19-9-10-21-20(13-19)23-22(24(21)14-16(2)3)15-27-18-8-6-7-17(12-18)25-4/h6-10,12-13,16H,5,11,14-15H2,1-4H3. The molecule has 5 heteroatoms. The molecule has 0 fully saturated rings. The van der Waals surface area contributed by atoms with E-state index in [0.717, 1.165) is 47.1 Å². The highest BCUT2D eigenvalue weighted by Crippen LogP contribution is 2.25. The van der Waals surface area contributed by atoms with Crippen molar-refractivity contribution in [3.63, 3.8) is 0 Å². The molecule has 1 aromatic heterocycles. The lowest BCUT2D eigenvalue weighted by Crippen LogP contribution is -2.11. The van der Waals surface area contributed by atoms with Crippen LogP contribution in [0.4, 0.5) is 0 Å². The highest BCUT2D eigenvalue weighted by atomic mass is 16.5. The number of fused-ring (bicyclic) bond motifs is 1. The minimum absolute atomic E-state index is 0.402. The van der Waals surface area contributed by atoms with Gasteiger partial charge in [-0.25, -0.2) is 4.98 Å². The monoisotopic (exact) mass is 368 g/mol. The number of nitrogens with zero attached hydrogens (tertiary/aromatic N) is 2. The Morgan fingerprint density at radius 3 is 2.52 bits per heavy atom. The molecule has 0 saturated carbocycles. The Morgan fingerprint density at radius 1 is 1.00 bits per heavy atom. The van der Waals surface area contributed by atoms with Crippen LogP contribution in [0.25, 0.3) is 11.0 Å². The third-order valence-corrected chi connectivity index (χ3v) is 4.23. The second-order valence-electron chi connectivity index (χ2n) is 7.00. The van der Waals surface area contributed by atoms with Gasteiger partial charge in [0.15, 0.2) is 0 Å². The van der Waals surface area contributed by atoms with Crippen molar-refractivity contribution < 1.29 is 14.2 Å². The molecule has 0 saturated heterocycles. The number of benzene rings is 2. The van der Waals surface area contributed by atoms with Crippen molar-refractivity contribution in [2.75, 3.05) is 13.7 Å². The minimum Gasteiger partial charge on any atom is -0.497 e. The maximum atomic E-state index is 5.99. The Labute approximate surface area is 160 Å². The van der Waals surface area contributed by atoms with Crippen molar-refractivity contribution in [1.82, 2.24) is 9.55 Å². The summed E-state index contributed by atoms with van der Waals surface area (Å²) in [5.41, 5.74) is 2.05. The van der Waals surface area contributed by atoms with Gasteiger partial charge in [0.25, 0.3) is 0 Å². The zero-order valence-electron chi connectivity index (χ0n) is 16.6. The van der Waals surface area contributed by atoms with Crippen molar-refractivity contribution >= 4 is 11.0 Å². The zero-order valence-corrected chi connectivity index (χ0v) is 16.6. The SMILES string of the molecule is CCCOc1ccc2c(c1)nc(COc1cccc(OC)c1)n2CC(C)C. The normalized spacial score (nSPS) is 11.1. The van der Waals surface area contributed by atoms with Crippen molar-refractivity contribution in [2.24, 2.45) is 5.92 Å². The Morgan fingerprint density at radius 2 is 1.78 bits per heavy atom. The summed E-state index contributed by atoms with van der Waals surface area (Å²) in [7, 11) is 1.65. The summed E-state index contributed by atoms with van der Waals surface area (Å²) in [6.07, 6.45) is 0.986. The summed E-state index contributed by atoms with van der Waals surface area (Å²) in [6.45, 7) is 8.52. The summed E-state index contributed by atoms with van der Waals surface area (Å²) in [6, 6.07) is 13.7. The van der Waals surface area contributed by atoms with Gasteiger partial charge in [-0.1, -0.05) is 26.8 Å². The molecule has 1 heterocycles. The summed E-state index contributed by atoms with van der Waals surface area (Å²) < 4.78 is 19.2. The molecule has 0 aliphatic heterocycles. The number of hydrogen-bond acceptors (Lipinski definition) is 4. The molecule has 3 rings (SSSR count). The molecule has 5 nitrogen and oxygen atoms in total. The highest BCUT2D eigenvalue weighted by molar-refractivity contribution is 5.77. The molecule has 0 bridgehead atoms. The summed E-state index contributed by atoms with van der Waals surface area (Å²) in [5.74, 6) is 3.83. The van der Waals surface area contributed by atoms with Crippen LogP contribution in [-0.4, -0.2) is 23.3 Å². The number of rotatable bonds is 9. The molecule has 0 spiro atoms.